The summed E-state index contributed by atoms with van der Waals surface area (Å²) in [4.78, 5) is 2.56. The number of fused-ring (bicyclic) bond motifs is 2. The molecule has 0 aromatic heterocycles. The van der Waals surface area contributed by atoms with E-state index < -0.39 is 0 Å². The lowest BCUT2D eigenvalue weighted by atomic mass is 9.78. The van der Waals surface area contributed by atoms with Gasteiger partial charge in [-0.3, -0.25) is 0 Å². The van der Waals surface area contributed by atoms with Crippen LogP contribution < -0.4 is 11.1 Å². The van der Waals surface area contributed by atoms with Gasteiger partial charge in [-0.25, -0.2) is 0 Å². The SMILES string of the molecule is CC#CCCNC1(CN)CCN2CCC1C2. The molecule has 3 nitrogen and oxygen atoms in total. The molecule has 2 aliphatic rings. The fraction of sp³-hybridized carbons (Fsp3) is 0.846. The average Bonchev–Trinajstić information content (AvgIpc) is 2.73. The Hall–Kier alpha value is -0.560. The van der Waals surface area contributed by atoms with Gasteiger partial charge in [0.05, 0.1) is 0 Å². The van der Waals surface area contributed by atoms with E-state index in [4.69, 9.17) is 5.73 Å². The molecule has 2 bridgehead atoms. The van der Waals surface area contributed by atoms with Crippen LogP contribution in [0.2, 0.25) is 0 Å². The van der Waals surface area contributed by atoms with Crippen LogP contribution in [0.3, 0.4) is 0 Å². The second-order valence-electron chi connectivity index (χ2n) is 5.00. The van der Waals surface area contributed by atoms with Crippen molar-refractivity contribution < 1.29 is 0 Å². The van der Waals surface area contributed by atoms with Crippen LogP contribution in [-0.4, -0.2) is 43.2 Å². The zero-order valence-corrected chi connectivity index (χ0v) is 10.3. The van der Waals surface area contributed by atoms with E-state index in [0.717, 1.165) is 25.4 Å². The fourth-order valence-corrected chi connectivity index (χ4v) is 3.12. The maximum atomic E-state index is 6.02. The molecule has 3 unspecified atom stereocenters. The molecule has 3 N–H and O–H groups in total. The number of rotatable bonds is 4. The summed E-state index contributed by atoms with van der Waals surface area (Å²) in [5.41, 5.74) is 6.22. The summed E-state index contributed by atoms with van der Waals surface area (Å²) >= 11 is 0. The van der Waals surface area contributed by atoms with Gasteiger partial charge in [0.15, 0.2) is 0 Å². The molecule has 2 aliphatic heterocycles. The number of hydrogen-bond donors (Lipinski definition) is 2. The van der Waals surface area contributed by atoms with Crippen molar-refractivity contribution in [2.45, 2.75) is 31.7 Å². The van der Waals surface area contributed by atoms with E-state index in [1.807, 2.05) is 6.92 Å². The van der Waals surface area contributed by atoms with Gasteiger partial charge < -0.3 is 16.0 Å². The number of hydrogen-bond acceptors (Lipinski definition) is 3. The molecule has 16 heavy (non-hydrogen) atoms. The highest BCUT2D eigenvalue weighted by atomic mass is 15.2. The second-order valence-corrected chi connectivity index (χ2v) is 5.00. The Kier molecular flexibility index (Phi) is 3.86. The van der Waals surface area contributed by atoms with Crippen molar-refractivity contribution in [1.29, 1.82) is 0 Å². The minimum Gasteiger partial charge on any atom is -0.329 e. The van der Waals surface area contributed by atoms with E-state index in [1.165, 1.54) is 32.5 Å². The summed E-state index contributed by atoms with van der Waals surface area (Å²) in [6.45, 7) is 7.36. The Morgan fingerprint density at radius 2 is 2.38 bits per heavy atom. The van der Waals surface area contributed by atoms with E-state index in [1.54, 1.807) is 0 Å². The summed E-state index contributed by atoms with van der Waals surface area (Å²) in [6, 6.07) is 0. The molecule has 90 valence electrons. The van der Waals surface area contributed by atoms with Crippen LogP contribution >= 0.6 is 0 Å². The molecule has 0 radical (unpaired) electrons. The average molecular weight is 221 g/mol. The zero-order valence-electron chi connectivity index (χ0n) is 10.3. The predicted molar refractivity (Wildman–Crippen MR) is 67.0 cm³/mol. The number of nitrogens with zero attached hydrogens (tertiary/aromatic N) is 1. The molecule has 0 aromatic carbocycles. The molecule has 0 aliphatic carbocycles. The lowest BCUT2D eigenvalue weighted by molar-refractivity contribution is 0.138. The van der Waals surface area contributed by atoms with Crippen LogP contribution in [0, 0.1) is 17.8 Å². The van der Waals surface area contributed by atoms with Crippen LogP contribution in [-0.2, 0) is 0 Å². The third-order valence-corrected chi connectivity index (χ3v) is 4.20. The Labute approximate surface area is 98.8 Å². The van der Waals surface area contributed by atoms with Crippen LogP contribution in [0.15, 0.2) is 0 Å². The van der Waals surface area contributed by atoms with Gasteiger partial charge in [0.1, 0.15) is 0 Å². The maximum absolute atomic E-state index is 6.02. The normalized spacial score (nSPS) is 36.9. The quantitative estimate of drug-likeness (QED) is 0.534. The van der Waals surface area contributed by atoms with E-state index >= 15 is 0 Å². The first-order valence-electron chi connectivity index (χ1n) is 6.38. The highest BCUT2D eigenvalue weighted by Gasteiger charge is 2.44. The van der Waals surface area contributed by atoms with E-state index in [9.17, 15) is 0 Å². The molecule has 0 aromatic rings. The van der Waals surface area contributed by atoms with Gasteiger partial charge in [-0.15, -0.1) is 11.8 Å². The first-order valence-corrected chi connectivity index (χ1v) is 6.38. The molecule has 2 saturated heterocycles. The fourth-order valence-electron chi connectivity index (χ4n) is 3.12. The van der Waals surface area contributed by atoms with Crippen molar-refractivity contribution in [3.8, 4) is 11.8 Å². The lowest BCUT2D eigenvalue weighted by Crippen LogP contribution is -2.60. The smallest absolute Gasteiger partial charge is 0.0357 e. The summed E-state index contributed by atoms with van der Waals surface area (Å²) < 4.78 is 0. The van der Waals surface area contributed by atoms with Gasteiger partial charge in [-0.2, -0.15) is 0 Å². The molecule has 2 fully saturated rings. The van der Waals surface area contributed by atoms with E-state index in [-0.39, 0.29) is 5.54 Å². The third-order valence-electron chi connectivity index (χ3n) is 4.20. The number of nitrogens with two attached hydrogens (primary N) is 1. The number of piperidine rings is 1. The van der Waals surface area contributed by atoms with Crippen molar-refractivity contribution in [3.63, 3.8) is 0 Å². The molecule has 0 spiro atoms. The number of nitrogens with one attached hydrogen (secondary N) is 1. The lowest BCUT2D eigenvalue weighted by Gasteiger charge is -2.43. The minimum atomic E-state index is 0.197. The van der Waals surface area contributed by atoms with Crippen molar-refractivity contribution >= 4 is 0 Å². The third kappa shape index (κ3) is 2.24. The molecule has 2 heterocycles. The van der Waals surface area contributed by atoms with E-state index in [2.05, 4.69) is 22.1 Å². The molecule has 3 heteroatoms. The molecule has 2 rings (SSSR count). The first kappa shape index (κ1) is 11.9. The monoisotopic (exact) mass is 221 g/mol. The molecular formula is C13H23N3. The predicted octanol–water partition coefficient (Wildman–Crippen LogP) is 0.413. The van der Waals surface area contributed by atoms with Gasteiger partial charge in [-0.05, 0) is 38.8 Å². The molecule has 0 saturated carbocycles. The Morgan fingerprint density at radius 3 is 3.12 bits per heavy atom. The maximum Gasteiger partial charge on any atom is 0.0357 e. The van der Waals surface area contributed by atoms with Crippen LogP contribution in [0.25, 0.3) is 0 Å². The van der Waals surface area contributed by atoms with E-state index in [0.29, 0.717) is 0 Å². The van der Waals surface area contributed by atoms with Crippen molar-refractivity contribution in [1.82, 2.24) is 10.2 Å². The van der Waals surface area contributed by atoms with Crippen LogP contribution in [0.1, 0.15) is 26.2 Å². The standard InChI is InChI=1S/C13H23N3/c1-2-3-4-7-15-13(11-14)6-9-16-8-5-12(13)10-16/h12,15H,4-11,14H2,1H3. The topological polar surface area (TPSA) is 41.3 Å². The molecule has 3 atom stereocenters. The van der Waals surface area contributed by atoms with Gasteiger partial charge in [-0.1, -0.05) is 0 Å². The zero-order chi connectivity index (χ0) is 11.4. The highest BCUT2D eigenvalue weighted by molar-refractivity contribution is 5.04. The minimum absolute atomic E-state index is 0.197. The summed E-state index contributed by atoms with van der Waals surface area (Å²) in [6.07, 6.45) is 3.45. The van der Waals surface area contributed by atoms with Crippen molar-refractivity contribution in [2.75, 3.05) is 32.7 Å². The largest absolute Gasteiger partial charge is 0.329 e. The Morgan fingerprint density at radius 1 is 1.50 bits per heavy atom. The molecule has 0 amide bonds. The van der Waals surface area contributed by atoms with Crippen LogP contribution in [0.5, 0.6) is 0 Å². The Bertz CT molecular complexity index is 291. The van der Waals surface area contributed by atoms with Gasteiger partial charge in [0, 0.05) is 31.6 Å². The summed E-state index contributed by atoms with van der Waals surface area (Å²) in [5.74, 6) is 6.80. The molecular weight excluding hydrogens is 198 g/mol. The van der Waals surface area contributed by atoms with Gasteiger partial charge in [0.2, 0.25) is 0 Å². The highest BCUT2D eigenvalue weighted by Crippen LogP contribution is 2.34. The van der Waals surface area contributed by atoms with Crippen molar-refractivity contribution in [2.24, 2.45) is 11.7 Å². The summed E-state index contributed by atoms with van der Waals surface area (Å²) in [5, 5.41) is 3.69. The second kappa shape index (κ2) is 5.18. The summed E-state index contributed by atoms with van der Waals surface area (Å²) in [7, 11) is 0. The van der Waals surface area contributed by atoms with Crippen molar-refractivity contribution in [3.05, 3.63) is 0 Å². The van der Waals surface area contributed by atoms with Crippen LogP contribution in [0.4, 0.5) is 0 Å². The van der Waals surface area contributed by atoms with Gasteiger partial charge >= 0.3 is 0 Å². The Balaban J connectivity index is 1.92. The van der Waals surface area contributed by atoms with Gasteiger partial charge in [0.25, 0.3) is 0 Å². The first-order chi connectivity index (χ1) is 7.80.